The lowest BCUT2D eigenvalue weighted by Crippen LogP contribution is -2.16. The predicted octanol–water partition coefficient (Wildman–Crippen LogP) is 2.81. The average Bonchev–Trinajstić information content (AvgIpc) is 2.87. The molecule has 0 fully saturated rings. The van der Waals surface area contributed by atoms with Crippen molar-refractivity contribution in [3.63, 3.8) is 0 Å². The summed E-state index contributed by atoms with van der Waals surface area (Å²) in [5.41, 5.74) is 4.75. The maximum absolute atomic E-state index is 14.5. The van der Waals surface area contributed by atoms with Crippen molar-refractivity contribution in [1.29, 1.82) is 0 Å². The first-order chi connectivity index (χ1) is 19.4. The number of anilines is 3. The number of hydrogen-bond donors (Lipinski definition) is 6. The average molecular weight is 640 g/mol. The summed E-state index contributed by atoms with van der Waals surface area (Å²) in [4.78, 5) is 22.2. The maximum Gasteiger partial charge on any atom is 0.295 e. The molecule has 0 radical (unpaired) electrons. The van der Waals surface area contributed by atoms with Crippen molar-refractivity contribution in [2.75, 3.05) is 16.4 Å². The molecule has 0 heterocycles. The van der Waals surface area contributed by atoms with Crippen LogP contribution in [0, 0.1) is 5.82 Å². The first kappa shape index (κ1) is 30.5. The van der Waals surface area contributed by atoms with E-state index in [4.69, 9.17) is 5.73 Å². The molecule has 0 aromatic heterocycles. The van der Waals surface area contributed by atoms with Crippen LogP contribution in [-0.2, 0) is 30.4 Å². The van der Waals surface area contributed by atoms with Crippen molar-refractivity contribution >= 4 is 70.0 Å². The summed E-state index contributed by atoms with van der Waals surface area (Å²) in [5, 5.41) is 2.94. The molecule has 42 heavy (non-hydrogen) atoms. The van der Waals surface area contributed by atoms with Crippen LogP contribution in [0.25, 0.3) is 10.8 Å². The molecular weight excluding hydrogens is 621 g/mol. The molecule has 4 aromatic carbocycles. The Morgan fingerprint density at radius 1 is 0.667 bits per heavy atom. The molecule has 0 aliphatic rings. The Morgan fingerprint density at radius 2 is 1.26 bits per heavy atom. The van der Waals surface area contributed by atoms with E-state index in [1.165, 1.54) is 24.3 Å². The van der Waals surface area contributed by atoms with Crippen molar-refractivity contribution in [2.45, 2.75) is 14.7 Å². The highest BCUT2D eigenvalue weighted by atomic mass is 32.2. The lowest BCUT2D eigenvalue weighted by Gasteiger charge is -2.15. The number of nitrogens with one attached hydrogen (secondary N) is 2. The Balaban J connectivity index is 1.83. The third-order valence-corrected chi connectivity index (χ3v) is 8.36. The second kappa shape index (κ2) is 10.7. The first-order valence-corrected chi connectivity index (χ1v) is 15.5. The highest BCUT2D eigenvalue weighted by Gasteiger charge is 2.27. The summed E-state index contributed by atoms with van der Waals surface area (Å²) in [7, 11) is -15.7. The van der Waals surface area contributed by atoms with Crippen LogP contribution >= 0.6 is 0 Å². The summed E-state index contributed by atoms with van der Waals surface area (Å²) < 4.78 is 115. The van der Waals surface area contributed by atoms with Gasteiger partial charge in [0.25, 0.3) is 42.2 Å². The summed E-state index contributed by atoms with van der Waals surface area (Å²) in [6, 6.07) is 10.8. The summed E-state index contributed by atoms with van der Waals surface area (Å²) >= 11 is 0. The van der Waals surface area contributed by atoms with E-state index >= 15 is 0 Å². The number of nitrogens with two attached hydrogens (primary N) is 1. The predicted molar refractivity (Wildman–Crippen MR) is 147 cm³/mol. The Kier molecular flexibility index (Phi) is 7.80. The molecule has 0 bridgehead atoms. The molecule has 0 saturated carbocycles. The Bertz CT molecular complexity index is 2130. The Labute approximate surface area is 237 Å². The van der Waals surface area contributed by atoms with E-state index in [0.717, 1.165) is 24.3 Å². The number of carbonyl (C=O) groups excluding carboxylic acids is 2. The van der Waals surface area contributed by atoms with Gasteiger partial charge in [0.1, 0.15) is 15.6 Å². The van der Waals surface area contributed by atoms with Crippen LogP contribution in [0.5, 0.6) is 0 Å². The van der Waals surface area contributed by atoms with E-state index in [9.17, 15) is 52.9 Å². The molecule has 4 rings (SSSR count). The Morgan fingerprint density at radius 3 is 1.83 bits per heavy atom. The number of amides is 2. The monoisotopic (exact) mass is 639 g/mol. The van der Waals surface area contributed by atoms with Gasteiger partial charge in [0.05, 0.1) is 16.3 Å². The molecular formula is C24H18FN3O11S3. The molecule has 7 N–H and O–H groups in total. The van der Waals surface area contributed by atoms with Crippen molar-refractivity contribution < 1.29 is 52.9 Å². The summed E-state index contributed by atoms with van der Waals surface area (Å²) in [6.07, 6.45) is 0. The van der Waals surface area contributed by atoms with Gasteiger partial charge in [-0.25, -0.2) is 4.39 Å². The number of nitrogen functional groups attached to an aromatic ring is 1. The normalized spacial score (nSPS) is 12.2. The summed E-state index contributed by atoms with van der Waals surface area (Å²) in [6.45, 7) is 0. The van der Waals surface area contributed by atoms with Gasteiger partial charge in [-0.3, -0.25) is 23.2 Å². The standard InChI is InChI=1S/C24H18FN3O11S3/c25-17-5-4-13(9-19(17)28-23(29)12-2-1-3-14(26)8-12)24(30)27-18-6-7-20(41(34,35)36)16-10-15(40(31,32)33)11-21(22(16)18)42(37,38)39/h1-11H,26H2,(H,27,30)(H,28,29)(H,31,32,33)(H,34,35,36)(H,37,38,39). The minimum Gasteiger partial charge on any atom is -0.399 e. The second-order valence-electron chi connectivity index (χ2n) is 8.61. The van der Waals surface area contributed by atoms with Crippen LogP contribution in [0.1, 0.15) is 20.7 Å². The number of halogens is 1. The van der Waals surface area contributed by atoms with Crippen LogP contribution in [0.15, 0.2) is 81.4 Å². The van der Waals surface area contributed by atoms with Gasteiger partial charge in [0.15, 0.2) is 0 Å². The third-order valence-electron chi connectivity index (χ3n) is 5.74. The number of fused-ring (bicyclic) bond motifs is 1. The zero-order chi connectivity index (χ0) is 31.2. The molecule has 220 valence electrons. The zero-order valence-corrected chi connectivity index (χ0v) is 23.1. The van der Waals surface area contributed by atoms with Crippen molar-refractivity contribution in [1.82, 2.24) is 0 Å². The Hall–Kier alpha value is -4.46. The van der Waals surface area contributed by atoms with Gasteiger partial charge in [-0.1, -0.05) is 6.07 Å². The van der Waals surface area contributed by atoms with E-state index in [2.05, 4.69) is 10.6 Å². The van der Waals surface area contributed by atoms with Gasteiger partial charge in [-0.05, 0) is 60.7 Å². The van der Waals surface area contributed by atoms with Crippen molar-refractivity contribution in [3.8, 4) is 0 Å². The van der Waals surface area contributed by atoms with Gasteiger partial charge in [0, 0.05) is 27.6 Å². The van der Waals surface area contributed by atoms with Crippen LogP contribution < -0.4 is 16.4 Å². The SMILES string of the molecule is Nc1cccc(C(=O)Nc2cc(C(=O)Nc3ccc(S(=O)(=O)O)c4cc(S(=O)(=O)O)cc(S(=O)(=O)O)c34)ccc2F)c1. The van der Waals surface area contributed by atoms with Gasteiger partial charge in [-0.15, -0.1) is 0 Å². The molecule has 4 aromatic rings. The zero-order valence-electron chi connectivity index (χ0n) is 20.6. The van der Waals surface area contributed by atoms with Gasteiger partial charge < -0.3 is 16.4 Å². The summed E-state index contributed by atoms with van der Waals surface area (Å²) in [5.74, 6) is -2.76. The molecule has 0 aliphatic heterocycles. The lowest BCUT2D eigenvalue weighted by atomic mass is 10.1. The maximum atomic E-state index is 14.5. The van der Waals surface area contributed by atoms with Crippen LogP contribution in [-0.4, -0.2) is 50.7 Å². The number of benzene rings is 4. The molecule has 0 unspecified atom stereocenters. The molecule has 0 spiro atoms. The quantitative estimate of drug-likeness (QED) is 0.126. The number of hydrogen-bond acceptors (Lipinski definition) is 9. The fourth-order valence-corrected chi connectivity index (χ4v) is 5.95. The van der Waals surface area contributed by atoms with E-state index in [0.29, 0.717) is 18.2 Å². The molecule has 0 aliphatic carbocycles. The molecule has 0 atom stereocenters. The fourth-order valence-electron chi connectivity index (χ4n) is 3.91. The molecule has 2 amide bonds. The van der Waals surface area contributed by atoms with E-state index in [-0.39, 0.29) is 16.8 Å². The largest absolute Gasteiger partial charge is 0.399 e. The third kappa shape index (κ3) is 6.38. The second-order valence-corrected chi connectivity index (χ2v) is 12.8. The van der Waals surface area contributed by atoms with Crippen molar-refractivity contribution in [2.24, 2.45) is 0 Å². The number of carbonyl (C=O) groups is 2. The van der Waals surface area contributed by atoms with Crippen molar-refractivity contribution in [3.05, 3.63) is 83.7 Å². The van der Waals surface area contributed by atoms with Crippen LogP contribution in [0.2, 0.25) is 0 Å². The smallest absolute Gasteiger partial charge is 0.295 e. The highest BCUT2D eigenvalue weighted by Crippen LogP contribution is 2.37. The van der Waals surface area contributed by atoms with Gasteiger partial charge in [-0.2, -0.15) is 25.3 Å². The lowest BCUT2D eigenvalue weighted by molar-refractivity contribution is 0.101. The minimum atomic E-state index is -5.36. The molecule has 14 nitrogen and oxygen atoms in total. The minimum absolute atomic E-state index is 0.0802. The number of rotatable bonds is 7. The van der Waals surface area contributed by atoms with E-state index in [1.807, 2.05) is 0 Å². The molecule has 18 heteroatoms. The van der Waals surface area contributed by atoms with Crippen LogP contribution in [0.4, 0.5) is 21.5 Å². The van der Waals surface area contributed by atoms with Gasteiger partial charge in [0.2, 0.25) is 0 Å². The van der Waals surface area contributed by atoms with Gasteiger partial charge >= 0.3 is 0 Å². The fraction of sp³-hybridized carbons (Fsp3) is 0. The first-order valence-electron chi connectivity index (χ1n) is 11.2. The van der Waals surface area contributed by atoms with E-state index < -0.39 is 84.8 Å². The topological polar surface area (TPSA) is 247 Å². The van der Waals surface area contributed by atoms with E-state index in [1.54, 1.807) is 0 Å². The molecule has 0 saturated heterocycles. The highest BCUT2D eigenvalue weighted by molar-refractivity contribution is 7.87. The van der Waals surface area contributed by atoms with Crippen LogP contribution in [0.3, 0.4) is 0 Å².